The summed E-state index contributed by atoms with van der Waals surface area (Å²) in [7, 11) is 4.12. The van der Waals surface area contributed by atoms with Gasteiger partial charge in [-0.25, -0.2) is 4.79 Å². The second-order valence-electron chi connectivity index (χ2n) is 5.56. The minimum Gasteiger partial charge on any atom is -0.466 e. The lowest BCUT2D eigenvalue weighted by Gasteiger charge is -2.49. The molecule has 0 aliphatic heterocycles. The van der Waals surface area contributed by atoms with Gasteiger partial charge in [0.15, 0.2) is 0 Å². The van der Waals surface area contributed by atoms with Crippen molar-refractivity contribution in [2.45, 2.75) is 31.3 Å². The van der Waals surface area contributed by atoms with E-state index in [1.165, 1.54) is 34.3 Å². The summed E-state index contributed by atoms with van der Waals surface area (Å²) in [4.78, 5) is 23.5. The zero-order valence-corrected chi connectivity index (χ0v) is 13.6. The van der Waals surface area contributed by atoms with Crippen LogP contribution < -0.4 is 0 Å². The molecule has 0 aromatic heterocycles. The minimum absolute atomic E-state index is 0.255. The third-order valence-electron chi connectivity index (χ3n) is 4.49. The first-order chi connectivity index (χ1) is 10.9. The Labute approximate surface area is 134 Å². The number of aliphatic hydroxyl groups excluding tert-OH is 1. The molecule has 0 radical (unpaired) electrons. The molecule has 128 valence electrons. The van der Waals surface area contributed by atoms with E-state index in [-0.39, 0.29) is 5.57 Å². The zero-order valence-electron chi connectivity index (χ0n) is 13.6. The SMILES string of the molecule is COC(=O)C1=CC(O)C(OC)(OC)[C@@H]2CC=C[C@H](OC(C)=O)[C@H]12. The molecule has 7 nitrogen and oxygen atoms in total. The Hall–Kier alpha value is -1.70. The molecule has 0 saturated carbocycles. The average molecular weight is 326 g/mol. The lowest BCUT2D eigenvalue weighted by molar-refractivity contribution is -0.292. The highest BCUT2D eigenvalue weighted by atomic mass is 16.7. The number of hydrogen-bond donors (Lipinski definition) is 1. The molecule has 0 fully saturated rings. The van der Waals surface area contributed by atoms with E-state index in [1.807, 2.05) is 6.08 Å². The molecule has 0 aromatic rings. The molecule has 1 N–H and O–H groups in total. The van der Waals surface area contributed by atoms with E-state index in [1.54, 1.807) is 6.08 Å². The standard InChI is InChI=1S/C16H22O7/c1-9(17)23-12-7-5-6-11-14(12)10(15(19)20-2)8-13(18)16(11,21-3)22-4/h5,7-8,11-14,18H,6H2,1-4H3/t11-,12+,13?,14-/m1/s1. The number of hydrogen-bond acceptors (Lipinski definition) is 7. The van der Waals surface area contributed by atoms with Gasteiger partial charge in [0.2, 0.25) is 5.79 Å². The number of fused-ring (bicyclic) bond motifs is 1. The first-order valence-corrected chi connectivity index (χ1v) is 7.33. The van der Waals surface area contributed by atoms with E-state index in [0.717, 1.165) is 0 Å². The summed E-state index contributed by atoms with van der Waals surface area (Å²) in [6, 6.07) is 0. The normalized spacial score (nSPS) is 31.8. The number of rotatable bonds is 4. The van der Waals surface area contributed by atoms with E-state index in [2.05, 4.69) is 0 Å². The van der Waals surface area contributed by atoms with Crippen molar-refractivity contribution >= 4 is 11.9 Å². The van der Waals surface area contributed by atoms with E-state index in [4.69, 9.17) is 18.9 Å². The van der Waals surface area contributed by atoms with Gasteiger partial charge in [0.25, 0.3) is 0 Å². The van der Waals surface area contributed by atoms with Gasteiger partial charge in [-0.2, -0.15) is 0 Å². The van der Waals surface area contributed by atoms with Crippen molar-refractivity contribution in [1.82, 2.24) is 0 Å². The summed E-state index contributed by atoms with van der Waals surface area (Å²) in [6.45, 7) is 1.30. The Kier molecular flexibility index (Phi) is 5.23. The van der Waals surface area contributed by atoms with Crippen molar-refractivity contribution < 1.29 is 33.6 Å². The van der Waals surface area contributed by atoms with Crippen molar-refractivity contribution in [3.8, 4) is 0 Å². The second-order valence-corrected chi connectivity index (χ2v) is 5.56. The van der Waals surface area contributed by atoms with Crippen molar-refractivity contribution in [3.63, 3.8) is 0 Å². The fourth-order valence-electron chi connectivity index (χ4n) is 3.53. The summed E-state index contributed by atoms with van der Waals surface area (Å²) in [5.74, 6) is -3.31. The van der Waals surface area contributed by atoms with Gasteiger partial charge in [0, 0.05) is 38.6 Å². The maximum atomic E-state index is 12.1. The van der Waals surface area contributed by atoms with Gasteiger partial charge >= 0.3 is 11.9 Å². The van der Waals surface area contributed by atoms with Gasteiger partial charge in [-0.05, 0) is 18.6 Å². The molecule has 0 saturated heterocycles. The van der Waals surface area contributed by atoms with Gasteiger partial charge in [-0.3, -0.25) is 4.79 Å². The van der Waals surface area contributed by atoms with Crippen LogP contribution in [0.25, 0.3) is 0 Å². The Morgan fingerprint density at radius 3 is 2.43 bits per heavy atom. The maximum Gasteiger partial charge on any atom is 0.333 e. The number of allylic oxidation sites excluding steroid dienone is 1. The molecular weight excluding hydrogens is 304 g/mol. The molecule has 23 heavy (non-hydrogen) atoms. The van der Waals surface area contributed by atoms with Crippen LogP contribution in [0.5, 0.6) is 0 Å². The maximum absolute atomic E-state index is 12.1. The molecule has 1 unspecified atom stereocenters. The number of esters is 2. The van der Waals surface area contributed by atoms with E-state index in [9.17, 15) is 14.7 Å². The van der Waals surface area contributed by atoms with E-state index >= 15 is 0 Å². The number of methoxy groups -OCH3 is 3. The summed E-state index contributed by atoms with van der Waals surface area (Å²) in [6.07, 6.45) is 3.60. The number of ether oxygens (including phenoxy) is 4. The van der Waals surface area contributed by atoms with Crippen LogP contribution in [0, 0.1) is 11.8 Å². The predicted octanol–water partition coefficient (Wildman–Crippen LogP) is 0.573. The molecule has 0 heterocycles. The van der Waals surface area contributed by atoms with Crippen LogP contribution in [-0.2, 0) is 28.5 Å². The monoisotopic (exact) mass is 326 g/mol. The highest BCUT2D eigenvalue weighted by molar-refractivity contribution is 5.90. The lowest BCUT2D eigenvalue weighted by atomic mass is 9.66. The van der Waals surface area contributed by atoms with Gasteiger partial charge < -0.3 is 24.1 Å². The summed E-state index contributed by atoms with van der Waals surface area (Å²) in [5, 5.41) is 10.5. The molecule has 4 atom stereocenters. The largest absolute Gasteiger partial charge is 0.466 e. The Morgan fingerprint density at radius 1 is 1.26 bits per heavy atom. The summed E-state index contributed by atoms with van der Waals surface area (Å²) >= 11 is 0. The predicted molar refractivity (Wildman–Crippen MR) is 79.1 cm³/mol. The molecule has 7 heteroatoms. The van der Waals surface area contributed by atoms with E-state index < -0.39 is 41.8 Å². The molecule has 0 aromatic carbocycles. The molecule has 2 aliphatic rings. The quantitative estimate of drug-likeness (QED) is 0.459. The fraction of sp³-hybridized carbons (Fsp3) is 0.625. The molecule has 2 rings (SSSR count). The molecular formula is C16H22O7. The topological polar surface area (TPSA) is 91.3 Å². The number of carbonyl (C=O) groups is 2. The first kappa shape index (κ1) is 17.7. The highest BCUT2D eigenvalue weighted by Crippen LogP contribution is 2.47. The smallest absolute Gasteiger partial charge is 0.333 e. The fourth-order valence-corrected chi connectivity index (χ4v) is 3.53. The Bertz CT molecular complexity index is 533. The summed E-state index contributed by atoms with van der Waals surface area (Å²) < 4.78 is 21.1. The summed E-state index contributed by atoms with van der Waals surface area (Å²) in [5.41, 5.74) is 0.255. The van der Waals surface area contributed by atoms with Crippen molar-refractivity contribution in [2.24, 2.45) is 11.8 Å². The number of aliphatic hydroxyl groups is 1. The molecule has 0 bridgehead atoms. The Morgan fingerprint density at radius 2 is 1.91 bits per heavy atom. The third-order valence-corrected chi connectivity index (χ3v) is 4.49. The molecule has 0 amide bonds. The van der Waals surface area contributed by atoms with Crippen molar-refractivity contribution in [3.05, 3.63) is 23.8 Å². The number of carbonyl (C=O) groups excluding carboxylic acids is 2. The lowest BCUT2D eigenvalue weighted by Crippen LogP contribution is -2.59. The van der Waals surface area contributed by atoms with Crippen LogP contribution in [0.3, 0.4) is 0 Å². The third kappa shape index (κ3) is 2.91. The minimum atomic E-state index is -1.33. The van der Waals surface area contributed by atoms with Crippen LogP contribution in [0.1, 0.15) is 13.3 Å². The highest BCUT2D eigenvalue weighted by Gasteiger charge is 2.56. The van der Waals surface area contributed by atoms with Crippen molar-refractivity contribution in [2.75, 3.05) is 21.3 Å². The van der Waals surface area contributed by atoms with Crippen LogP contribution >= 0.6 is 0 Å². The van der Waals surface area contributed by atoms with Crippen LogP contribution in [0.2, 0.25) is 0 Å². The van der Waals surface area contributed by atoms with E-state index in [0.29, 0.717) is 6.42 Å². The molecule has 2 aliphatic carbocycles. The van der Waals surface area contributed by atoms with Crippen LogP contribution in [0.15, 0.2) is 23.8 Å². The Balaban J connectivity index is 2.54. The van der Waals surface area contributed by atoms with Gasteiger partial charge in [0.1, 0.15) is 12.2 Å². The van der Waals surface area contributed by atoms with Gasteiger partial charge in [0.05, 0.1) is 7.11 Å². The van der Waals surface area contributed by atoms with Crippen LogP contribution in [-0.4, -0.2) is 56.4 Å². The average Bonchev–Trinajstić information content (AvgIpc) is 2.53. The zero-order chi connectivity index (χ0) is 17.2. The van der Waals surface area contributed by atoms with Gasteiger partial charge in [-0.15, -0.1) is 0 Å². The second kappa shape index (κ2) is 6.82. The van der Waals surface area contributed by atoms with Crippen molar-refractivity contribution in [1.29, 1.82) is 0 Å². The molecule has 0 spiro atoms. The van der Waals surface area contributed by atoms with Crippen LogP contribution in [0.4, 0.5) is 0 Å². The first-order valence-electron chi connectivity index (χ1n) is 7.33. The van der Waals surface area contributed by atoms with Gasteiger partial charge in [-0.1, -0.05) is 6.08 Å².